The number of methoxy groups -OCH3 is 1. The number of hydrogen-bond acceptors (Lipinski definition) is 7. The van der Waals surface area contributed by atoms with Gasteiger partial charge in [-0.2, -0.15) is 10.1 Å². The van der Waals surface area contributed by atoms with Gasteiger partial charge in [0.25, 0.3) is 5.91 Å². The molecule has 5 rings (SSSR count). The van der Waals surface area contributed by atoms with E-state index in [0.717, 1.165) is 35.7 Å². The number of nitrogens with one attached hydrogen (secondary N) is 1. The fraction of sp³-hybridized carbons (Fsp3) is 0.286. The van der Waals surface area contributed by atoms with Crippen molar-refractivity contribution in [3.8, 4) is 22.7 Å². The first kappa shape index (κ1) is 26.1. The van der Waals surface area contributed by atoms with Crippen LogP contribution in [0, 0.1) is 0 Å². The number of thioether (sulfide) groups is 1. The Hall–Kier alpha value is -3.47. The second-order valence-corrected chi connectivity index (χ2v) is 10.8. The minimum absolute atomic E-state index is 0.219. The molecule has 0 radical (unpaired) electrons. The van der Waals surface area contributed by atoms with E-state index in [0.29, 0.717) is 27.9 Å². The number of piperidine rings is 1. The highest BCUT2D eigenvalue weighted by Gasteiger charge is 2.34. The van der Waals surface area contributed by atoms with Crippen molar-refractivity contribution in [1.82, 2.24) is 25.1 Å². The fourth-order valence-electron chi connectivity index (χ4n) is 4.51. The average molecular weight is 548 g/mol. The van der Waals surface area contributed by atoms with Crippen molar-refractivity contribution in [3.63, 3.8) is 0 Å². The van der Waals surface area contributed by atoms with Crippen molar-refractivity contribution in [3.05, 3.63) is 71.3 Å². The van der Waals surface area contributed by atoms with Crippen LogP contribution in [0.25, 0.3) is 23.0 Å². The fourth-order valence-corrected chi connectivity index (χ4v) is 5.68. The molecule has 10 heteroatoms. The minimum atomic E-state index is -0.348. The number of benzene rings is 2. The zero-order valence-electron chi connectivity index (χ0n) is 21.1. The summed E-state index contributed by atoms with van der Waals surface area (Å²) >= 11 is 6.61. The maximum absolute atomic E-state index is 13.3. The van der Waals surface area contributed by atoms with Crippen molar-refractivity contribution < 1.29 is 14.3 Å². The number of carbonyl (C=O) groups is 2. The van der Waals surface area contributed by atoms with Crippen molar-refractivity contribution in [2.45, 2.75) is 25.7 Å². The van der Waals surface area contributed by atoms with E-state index in [1.807, 2.05) is 60.8 Å². The standard InChI is InChI=1S/C28H29N5O3S2/c1-36-23-12-10-20(11-13-23)26-21(19-32(30-26)22-8-4-2-5-9-22)18-24-27(35)33(28(37)38-24)29-25(34)14-17-31-15-6-3-7-16-31/h2,4-5,8-13,18-19H,3,6-7,14-17H2,1H3,(H,29,34)/b24-18-. The van der Waals surface area contributed by atoms with Gasteiger partial charge < -0.3 is 9.64 Å². The zero-order chi connectivity index (χ0) is 26.5. The monoisotopic (exact) mass is 547 g/mol. The van der Waals surface area contributed by atoms with Crippen molar-refractivity contribution in [2.75, 3.05) is 26.7 Å². The molecule has 1 aromatic heterocycles. The summed E-state index contributed by atoms with van der Waals surface area (Å²) in [5.41, 5.74) is 5.96. The number of para-hydroxylation sites is 1. The third-order valence-corrected chi connectivity index (χ3v) is 7.85. The number of nitrogens with zero attached hydrogens (tertiary/aromatic N) is 4. The summed E-state index contributed by atoms with van der Waals surface area (Å²) in [5, 5.41) is 6.00. The molecule has 0 spiro atoms. The van der Waals surface area contributed by atoms with Crippen LogP contribution in [0.3, 0.4) is 0 Å². The normalized spacial score (nSPS) is 17.3. The first-order chi connectivity index (χ1) is 18.5. The maximum Gasteiger partial charge on any atom is 0.285 e. The Morgan fingerprint density at radius 2 is 1.84 bits per heavy atom. The van der Waals surface area contributed by atoms with Crippen LogP contribution in [-0.2, 0) is 9.59 Å². The van der Waals surface area contributed by atoms with Crippen LogP contribution in [0.1, 0.15) is 31.2 Å². The Morgan fingerprint density at radius 1 is 1.11 bits per heavy atom. The Balaban J connectivity index is 1.36. The summed E-state index contributed by atoms with van der Waals surface area (Å²) in [6, 6.07) is 17.4. The lowest BCUT2D eigenvalue weighted by atomic mass is 10.1. The molecule has 1 N–H and O–H groups in total. The molecule has 0 bridgehead atoms. The Kier molecular flexibility index (Phi) is 8.21. The molecule has 3 heterocycles. The minimum Gasteiger partial charge on any atom is -0.497 e. The van der Waals surface area contributed by atoms with Gasteiger partial charge in [0.15, 0.2) is 4.32 Å². The lowest BCUT2D eigenvalue weighted by molar-refractivity contribution is -0.133. The Morgan fingerprint density at radius 3 is 2.55 bits per heavy atom. The predicted octanol–water partition coefficient (Wildman–Crippen LogP) is 4.66. The van der Waals surface area contributed by atoms with Gasteiger partial charge in [0.1, 0.15) is 5.75 Å². The highest BCUT2D eigenvalue weighted by atomic mass is 32.2. The molecular weight excluding hydrogens is 518 g/mol. The van der Waals surface area contributed by atoms with Crippen molar-refractivity contribution in [1.29, 1.82) is 0 Å². The smallest absolute Gasteiger partial charge is 0.285 e. The molecule has 2 amide bonds. The molecule has 3 aromatic rings. The molecule has 0 atom stereocenters. The number of likely N-dealkylation sites (tertiary alicyclic amines) is 1. The second kappa shape index (κ2) is 11.9. The largest absolute Gasteiger partial charge is 0.497 e. The molecule has 196 valence electrons. The van der Waals surface area contributed by atoms with Gasteiger partial charge in [-0.25, -0.2) is 4.68 Å². The lowest BCUT2D eigenvalue weighted by Gasteiger charge is -2.26. The molecule has 0 aliphatic carbocycles. The van der Waals surface area contributed by atoms with Gasteiger partial charge >= 0.3 is 0 Å². The summed E-state index contributed by atoms with van der Waals surface area (Å²) in [7, 11) is 1.62. The van der Waals surface area contributed by atoms with Crippen LogP contribution in [0.5, 0.6) is 5.75 Å². The van der Waals surface area contributed by atoms with E-state index in [4.69, 9.17) is 22.1 Å². The van der Waals surface area contributed by atoms with Gasteiger partial charge in [-0.3, -0.25) is 15.0 Å². The number of ether oxygens (including phenoxy) is 1. The number of amides is 2. The van der Waals surface area contributed by atoms with Gasteiger partial charge in [-0.15, -0.1) is 0 Å². The van der Waals surface area contributed by atoms with E-state index in [2.05, 4.69) is 10.3 Å². The summed E-state index contributed by atoms with van der Waals surface area (Å²) in [6.07, 6.45) is 7.57. The van der Waals surface area contributed by atoms with Gasteiger partial charge in [-0.1, -0.05) is 36.4 Å². The van der Waals surface area contributed by atoms with Crippen LogP contribution < -0.4 is 10.2 Å². The third kappa shape index (κ3) is 5.98. The highest BCUT2D eigenvalue weighted by Crippen LogP contribution is 2.34. The van der Waals surface area contributed by atoms with Gasteiger partial charge in [-0.05, 0) is 80.6 Å². The van der Waals surface area contributed by atoms with E-state index in [1.54, 1.807) is 17.9 Å². The molecule has 0 saturated carbocycles. The van der Waals surface area contributed by atoms with Crippen LogP contribution in [0.15, 0.2) is 65.7 Å². The lowest BCUT2D eigenvalue weighted by Crippen LogP contribution is -2.46. The summed E-state index contributed by atoms with van der Waals surface area (Å²) in [4.78, 5) is 28.6. The average Bonchev–Trinajstić information content (AvgIpc) is 3.49. The highest BCUT2D eigenvalue weighted by molar-refractivity contribution is 8.26. The summed E-state index contributed by atoms with van der Waals surface area (Å²) < 4.78 is 7.38. The first-order valence-corrected chi connectivity index (χ1v) is 13.8. The Bertz CT molecular complexity index is 1350. The molecule has 2 aliphatic rings. The molecule has 2 fully saturated rings. The number of aromatic nitrogens is 2. The molecule has 2 saturated heterocycles. The van der Waals surface area contributed by atoms with Crippen LogP contribution in [-0.4, -0.2) is 62.6 Å². The predicted molar refractivity (Wildman–Crippen MR) is 154 cm³/mol. The molecule has 0 unspecified atom stereocenters. The van der Waals surface area contributed by atoms with Crippen LogP contribution in [0.4, 0.5) is 0 Å². The van der Waals surface area contributed by atoms with Gasteiger partial charge in [0.05, 0.1) is 23.4 Å². The Labute approximate surface area is 231 Å². The number of hydrazine groups is 1. The summed E-state index contributed by atoms with van der Waals surface area (Å²) in [6.45, 7) is 2.72. The topological polar surface area (TPSA) is 79.7 Å². The van der Waals surface area contributed by atoms with E-state index < -0.39 is 0 Å². The number of hydrogen-bond donors (Lipinski definition) is 1. The third-order valence-electron chi connectivity index (χ3n) is 6.55. The van der Waals surface area contributed by atoms with Gasteiger partial charge in [0.2, 0.25) is 5.91 Å². The van der Waals surface area contributed by atoms with Crippen LogP contribution in [0.2, 0.25) is 0 Å². The van der Waals surface area contributed by atoms with E-state index in [-0.39, 0.29) is 11.8 Å². The van der Waals surface area contributed by atoms with Crippen molar-refractivity contribution >= 4 is 46.2 Å². The SMILES string of the molecule is COc1ccc(-c2nn(-c3ccccc3)cc2/C=C2\SC(=S)N(NC(=O)CCN3CCCCC3)C2=O)cc1. The maximum atomic E-state index is 13.3. The van der Waals surface area contributed by atoms with Crippen molar-refractivity contribution in [2.24, 2.45) is 0 Å². The number of rotatable bonds is 8. The molecule has 2 aromatic carbocycles. The molecule has 2 aliphatic heterocycles. The van der Waals surface area contributed by atoms with E-state index >= 15 is 0 Å². The quantitative estimate of drug-likeness (QED) is 0.325. The molecule has 38 heavy (non-hydrogen) atoms. The van der Waals surface area contributed by atoms with Gasteiger partial charge in [0, 0.05) is 30.3 Å². The second-order valence-electron chi connectivity index (χ2n) is 9.15. The first-order valence-electron chi connectivity index (χ1n) is 12.6. The number of carbonyl (C=O) groups excluding carboxylic acids is 2. The number of thiocarbonyl (C=S) groups is 1. The zero-order valence-corrected chi connectivity index (χ0v) is 22.8. The van der Waals surface area contributed by atoms with E-state index in [1.165, 1.54) is 36.0 Å². The summed E-state index contributed by atoms with van der Waals surface area (Å²) in [5.74, 6) is 0.179. The molecule has 8 nitrogen and oxygen atoms in total. The van der Waals surface area contributed by atoms with Crippen LogP contribution >= 0.6 is 24.0 Å². The molecular formula is C28H29N5O3S2. The van der Waals surface area contributed by atoms with E-state index in [9.17, 15) is 9.59 Å².